The summed E-state index contributed by atoms with van der Waals surface area (Å²) in [5, 5.41) is 0. The van der Waals surface area contributed by atoms with Gasteiger partial charge in [-0.05, 0) is 60.8 Å². The molecule has 2 aliphatic carbocycles. The number of hydrogen-bond donors (Lipinski definition) is 1. The first kappa shape index (κ1) is 29.4. The largest absolute Gasteiger partial charge is 0.369 e. The fourth-order valence-corrected chi connectivity index (χ4v) is 10.0. The molecule has 0 radical (unpaired) electrons. The molecule has 3 atom stereocenters. The van der Waals surface area contributed by atoms with Gasteiger partial charge in [-0.15, -0.1) is 0 Å². The Morgan fingerprint density at radius 2 is 1.47 bits per heavy atom. The van der Waals surface area contributed by atoms with Crippen molar-refractivity contribution in [3.63, 3.8) is 0 Å². The molecule has 2 aliphatic rings. The molecule has 0 aliphatic heterocycles. The number of primary amides is 1. The Morgan fingerprint density at radius 3 is 2.06 bits per heavy atom. The van der Waals surface area contributed by atoms with Crippen LogP contribution in [-0.4, -0.2) is 14.7 Å². The van der Waals surface area contributed by atoms with Crippen LogP contribution in [0.3, 0.4) is 0 Å². The lowest BCUT2D eigenvalue weighted by molar-refractivity contribution is -0.127. The first-order valence-electron chi connectivity index (χ1n) is 15.1. The van der Waals surface area contributed by atoms with Crippen LogP contribution in [0, 0.1) is 11.3 Å². The van der Waals surface area contributed by atoms with Gasteiger partial charge in [0.1, 0.15) is 0 Å². The average molecular weight is 488 g/mol. The highest BCUT2D eigenvalue weighted by Crippen LogP contribution is 2.59. The smallest absolute Gasteiger partial charge is 0.227 e. The summed E-state index contributed by atoms with van der Waals surface area (Å²) in [5.41, 5.74) is 13.0. The fraction of sp³-hybridized carbons (Fsp3) is 0.839. The van der Waals surface area contributed by atoms with Gasteiger partial charge in [0.2, 0.25) is 5.91 Å². The van der Waals surface area contributed by atoms with E-state index < -0.39 is 8.80 Å². The third kappa shape index (κ3) is 6.68. The van der Waals surface area contributed by atoms with Crippen LogP contribution < -0.4 is 5.73 Å². The van der Waals surface area contributed by atoms with Gasteiger partial charge in [0, 0.05) is 14.7 Å². The van der Waals surface area contributed by atoms with E-state index >= 15 is 0 Å². The normalized spacial score (nSPS) is 25.6. The number of nitrogens with two attached hydrogens (primary N) is 1. The predicted molar refractivity (Wildman–Crippen MR) is 153 cm³/mol. The number of unbranched alkanes of at least 4 members (excludes halogenated alkanes) is 8. The maximum atomic E-state index is 13.5. The van der Waals surface area contributed by atoms with Crippen LogP contribution in [0.5, 0.6) is 0 Å². The molecule has 0 aromatic rings. The van der Waals surface area contributed by atoms with Gasteiger partial charge in [0.05, 0.1) is 5.41 Å². The Hall–Kier alpha value is -0.833. The lowest BCUT2D eigenvalue weighted by Crippen LogP contribution is -2.49. The molecule has 1 fully saturated rings. The fourth-order valence-electron chi connectivity index (χ4n) is 7.49. The lowest BCUT2D eigenvalue weighted by Gasteiger charge is -2.47. The zero-order valence-electron chi connectivity index (χ0n) is 23.7. The van der Waals surface area contributed by atoms with Crippen molar-refractivity contribution in [3.05, 3.63) is 22.3 Å². The summed E-state index contributed by atoms with van der Waals surface area (Å²) in [4.78, 5) is 13.5. The van der Waals surface area contributed by atoms with Crippen LogP contribution >= 0.6 is 0 Å². The number of allylic oxidation sites excluding steroid dienone is 3. The maximum Gasteiger partial charge on any atom is 0.227 e. The molecule has 1 saturated carbocycles. The van der Waals surface area contributed by atoms with Crippen molar-refractivity contribution < 1.29 is 4.79 Å². The third-order valence-corrected chi connectivity index (χ3v) is 11.7. The number of amides is 1. The second-order valence-electron chi connectivity index (χ2n) is 11.7. The van der Waals surface area contributed by atoms with E-state index in [1.54, 1.807) is 16.7 Å². The maximum absolute atomic E-state index is 13.5. The van der Waals surface area contributed by atoms with E-state index in [0.717, 1.165) is 19.3 Å². The van der Waals surface area contributed by atoms with Gasteiger partial charge in [-0.1, -0.05) is 117 Å². The van der Waals surface area contributed by atoms with Crippen LogP contribution in [0.25, 0.3) is 0 Å². The van der Waals surface area contributed by atoms with E-state index in [1.807, 2.05) is 0 Å². The molecular formula is C31H57NOSi. The number of hydrogen-bond acceptors (Lipinski definition) is 1. The van der Waals surface area contributed by atoms with Crippen molar-refractivity contribution in [2.45, 2.75) is 155 Å². The van der Waals surface area contributed by atoms with Gasteiger partial charge in [-0.3, -0.25) is 4.79 Å². The predicted octanol–water partition coefficient (Wildman–Crippen LogP) is 9.26. The van der Waals surface area contributed by atoms with Crippen LogP contribution in [-0.2, 0) is 4.79 Å². The minimum atomic E-state index is -1.02. The molecular weight excluding hydrogens is 430 g/mol. The van der Waals surface area contributed by atoms with Crippen molar-refractivity contribution in [1.82, 2.24) is 0 Å². The second kappa shape index (κ2) is 14.7. The van der Waals surface area contributed by atoms with Gasteiger partial charge >= 0.3 is 0 Å². The van der Waals surface area contributed by atoms with Gasteiger partial charge in [0.25, 0.3) is 0 Å². The van der Waals surface area contributed by atoms with Crippen LogP contribution in [0.1, 0.15) is 137 Å². The Kier molecular flexibility index (Phi) is 12.7. The van der Waals surface area contributed by atoms with Crippen LogP contribution in [0.15, 0.2) is 22.3 Å². The molecule has 34 heavy (non-hydrogen) atoms. The van der Waals surface area contributed by atoms with E-state index in [-0.39, 0.29) is 11.3 Å². The number of rotatable bonds is 16. The highest BCUT2D eigenvalue weighted by molar-refractivity contribution is 6.58. The van der Waals surface area contributed by atoms with Gasteiger partial charge < -0.3 is 5.73 Å². The Bertz CT molecular complexity index is 706. The summed E-state index contributed by atoms with van der Waals surface area (Å²) in [7, 11) is -1.02. The molecule has 3 heteroatoms. The second-order valence-corrected chi connectivity index (χ2v) is 15.0. The monoisotopic (exact) mass is 487 g/mol. The highest BCUT2D eigenvalue weighted by Gasteiger charge is 2.53. The van der Waals surface area contributed by atoms with Crippen molar-refractivity contribution in [2.24, 2.45) is 17.1 Å². The van der Waals surface area contributed by atoms with E-state index in [9.17, 15) is 4.79 Å². The summed E-state index contributed by atoms with van der Waals surface area (Å²) < 4.78 is 0. The number of carbonyl (C=O) groups excluding carboxylic acids is 1. The summed E-state index contributed by atoms with van der Waals surface area (Å²) >= 11 is 0. The molecule has 0 saturated heterocycles. The zero-order chi connectivity index (χ0) is 25.1. The summed E-state index contributed by atoms with van der Waals surface area (Å²) in [6.07, 6.45) is 21.4. The molecule has 1 amide bonds. The highest BCUT2D eigenvalue weighted by atomic mass is 28.3. The molecule has 0 aromatic carbocycles. The minimum Gasteiger partial charge on any atom is -0.369 e. The zero-order valence-corrected chi connectivity index (χ0v) is 24.9. The van der Waals surface area contributed by atoms with Crippen LogP contribution in [0.4, 0.5) is 0 Å². The van der Waals surface area contributed by atoms with Crippen molar-refractivity contribution in [3.8, 4) is 0 Å². The minimum absolute atomic E-state index is 0.00245. The Balaban J connectivity index is 2.41. The molecule has 2 nitrogen and oxygen atoms in total. The SMILES string of the molecule is CCCCCCCCC1=C(CCCCCC)C(CC)=C(C2(C(N)=O)CCCCC2[SiH](C)C)C1C. The first-order chi connectivity index (χ1) is 16.4. The Labute approximate surface area is 214 Å². The molecule has 0 aromatic heterocycles. The van der Waals surface area contributed by atoms with Gasteiger partial charge in [-0.25, -0.2) is 0 Å². The first-order valence-corrected chi connectivity index (χ1v) is 18.1. The van der Waals surface area contributed by atoms with Gasteiger partial charge in [-0.2, -0.15) is 0 Å². The lowest BCUT2D eigenvalue weighted by atomic mass is 9.63. The number of carbonyl (C=O) groups is 1. The summed E-state index contributed by atoms with van der Waals surface area (Å²) in [5.74, 6) is 0.407. The molecule has 2 rings (SSSR count). The van der Waals surface area contributed by atoms with Gasteiger partial charge in [0.15, 0.2) is 0 Å². The molecule has 0 spiro atoms. The third-order valence-electron chi connectivity index (χ3n) is 9.16. The molecule has 0 bridgehead atoms. The van der Waals surface area contributed by atoms with Crippen LogP contribution in [0.2, 0.25) is 18.6 Å². The summed E-state index contributed by atoms with van der Waals surface area (Å²) in [6, 6.07) is 0. The van der Waals surface area contributed by atoms with Crippen molar-refractivity contribution in [2.75, 3.05) is 0 Å². The van der Waals surface area contributed by atoms with Crippen molar-refractivity contribution >= 4 is 14.7 Å². The van der Waals surface area contributed by atoms with E-state index in [2.05, 4.69) is 40.8 Å². The average Bonchev–Trinajstić information content (AvgIpc) is 3.09. The van der Waals surface area contributed by atoms with E-state index in [1.165, 1.54) is 95.5 Å². The van der Waals surface area contributed by atoms with E-state index in [4.69, 9.17) is 5.73 Å². The molecule has 0 heterocycles. The van der Waals surface area contributed by atoms with E-state index in [0.29, 0.717) is 11.5 Å². The standard InChI is InChI=1S/C31H57NOSi/c1-7-10-12-14-15-17-20-26-24(4)29(25(9-3)27(26)21-16-13-11-8-2)31(30(32)33)23-19-18-22-28(31)34(5)6/h24,28,34H,7-23H2,1-6H3,(H2,32,33). The topological polar surface area (TPSA) is 43.1 Å². The Morgan fingerprint density at radius 1 is 0.882 bits per heavy atom. The van der Waals surface area contributed by atoms with Crippen molar-refractivity contribution in [1.29, 1.82) is 0 Å². The quantitative estimate of drug-likeness (QED) is 0.171. The molecule has 196 valence electrons. The summed E-state index contributed by atoms with van der Waals surface area (Å²) in [6.45, 7) is 14.3. The molecule has 3 unspecified atom stereocenters. The molecule has 2 N–H and O–H groups in total.